The van der Waals surface area contributed by atoms with Gasteiger partial charge in [0, 0.05) is 11.3 Å². The van der Waals surface area contributed by atoms with E-state index in [1.807, 2.05) is 0 Å². The van der Waals surface area contributed by atoms with Crippen LogP contribution in [0.3, 0.4) is 0 Å². The van der Waals surface area contributed by atoms with Crippen LogP contribution in [-0.2, 0) is 19.1 Å². The highest BCUT2D eigenvalue weighted by atomic mass is 32.2. The topological polar surface area (TPSA) is 95.9 Å². The molecule has 0 spiro atoms. The normalized spacial score (nSPS) is 26.3. The van der Waals surface area contributed by atoms with Crippen LogP contribution >= 0.6 is 11.8 Å². The van der Waals surface area contributed by atoms with Gasteiger partial charge in [0.25, 0.3) is 11.8 Å². The molecular weight excluding hydrogens is 332 g/mol. The summed E-state index contributed by atoms with van der Waals surface area (Å²) in [5.41, 5.74) is 1.58. The van der Waals surface area contributed by atoms with E-state index < -0.39 is 24.0 Å². The van der Waals surface area contributed by atoms with Crippen molar-refractivity contribution in [2.75, 3.05) is 12.4 Å². The Labute approximate surface area is 141 Å². The van der Waals surface area contributed by atoms with Crippen molar-refractivity contribution < 1.29 is 24.2 Å². The smallest absolute Gasteiger partial charge is 0.355 e. The lowest BCUT2D eigenvalue weighted by molar-refractivity contribution is -0.151. The predicted octanol–water partition coefficient (Wildman–Crippen LogP) is -0.0692. The number of fused-ring (bicyclic) bond motifs is 2. The van der Waals surface area contributed by atoms with E-state index in [9.17, 15) is 19.5 Å². The van der Waals surface area contributed by atoms with E-state index in [1.54, 1.807) is 30.3 Å². The Hall–Kier alpha value is -2.32. The highest BCUT2D eigenvalue weighted by molar-refractivity contribution is 8.00. The maximum absolute atomic E-state index is 12.4. The third-order valence-corrected chi connectivity index (χ3v) is 5.62. The van der Waals surface area contributed by atoms with Crippen molar-refractivity contribution >= 4 is 29.5 Å². The van der Waals surface area contributed by atoms with Crippen LogP contribution in [0.5, 0.6) is 0 Å². The van der Waals surface area contributed by atoms with Gasteiger partial charge in [-0.3, -0.25) is 14.5 Å². The van der Waals surface area contributed by atoms with Gasteiger partial charge in [-0.2, -0.15) is 0 Å². The van der Waals surface area contributed by atoms with Gasteiger partial charge in [-0.05, 0) is 5.56 Å². The minimum atomic E-state index is -1.34. The van der Waals surface area contributed by atoms with E-state index in [4.69, 9.17) is 4.74 Å². The molecule has 7 nitrogen and oxygen atoms in total. The molecule has 3 atom stereocenters. The monoisotopic (exact) mass is 346 g/mol. The summed E-state index contributed by atoms with van der Waals surface area (Å²) in [6, 6.07) is 7.76. The SMILES string of the molecule is O=C1OCC2=C1N1C(=O)[C@@H](NC(=O)[C@H](O)c3ccccc3)[C@H]1SC2. The molecular formula is C16H14N2O5S. The summed E-state index contributed by atoms with van der Waals surface area (Å²) in [6.45, 7) is 0.224. The zero-order valence-corrected chi connectivity index (χ0v) is 13.3. The van der Waals surface area contributed by atoms with Crippen molar-refractivity contribution in [3.8, 4) is 0 Å². The number of hydrogen-bond acceptors (Lipinski definition) is 6. The van der Waals surface area contributed by atoms with Gasteiger partial charge in [-0.25, -0.2) is 4.79 Å². The van der Waals surface area contributed by atoms with Crippen LogP contribution < -0.4 is 5.32 Å². The molecule has 3 heterocycles. The number of β-lactam (4-membered cyclic amide) rings is 1. The Bertz CT molecular complexity index is 763. The van der Waals surface area contributed by atoms with Crippen LogP contribution in [0.4, 0.5) is 0 Å². The Kier molecular flexibility index (Phi) is 3.58. The number of hydrogen-bond donors (Lipinski definition) is 2. The number of cyclic esters (lactones) is 1. The number of thioether (sulfide) groups is 1. The summed E-state index contributed by atoms with van der Waals surface area (Å²) < 4.78 is 4.97. The second-order valence-corrected chi connectivity index (χ2v) is 6.84. The zero-order chi connectivity index (χ0) is 16.8. The molecule has 0 saturated carbocycles. The van der Waals surface area contributed by atoms with Gasteiger partial charge < -0.3 is 15.2 Å². The molecule has 0 aromatic heterocycles. The summed E-state index contributed by atoms with van der Waals surface area (Å²) in [5, 5.41) is 12.3. The van der Waals surface area contributed by atoms with Crippen molar-refractivity contribution in [1.82, 2.24) is 10.2 Å². The lowest BCUT2D eigenvalue weighted by atomic mass is 10.0. The van der Waals surface area contributed by atoms with Crippen molar-refractivity contribution in [3.05, 3.63) is 47.2 Å². The first kappa shape index (κ1) is 15.2. The third kappa shape index (κ3) is 2.22. The molecule has 3 aliphatic heterocycles. The molecule has 8 heteroatoms. The molecule has 2 amide bonds. The van der Waals surface area contributed by atoms with Crippen LogP contribution in [0.25, 0.3) is 0 Å². The van der Waals surface area contributed by atoms with E-state index >= 15 is 0 Å². The second-order valence-electron chi connectivity index (χ2n) is 5.74. The first-order valence-corrected chi connectivity index (χ1v) is 8.50. The summed E-state index contributed by atoms with van der Waals surface area (Å²) in [4.78, 5) is 37.7. The quantitative estimate of drug-likeness (QED) is 0.588. The van der Waals surface area contributed by atoms with Gasteiger partial charge >= 0.3 is 5.97 Å². The van der Waals surface area contributed by atoms with E-state index in [-0.39, 0.29) is 17.9 Å². The number of esters is 1. The summed E-state index contributed by atoms with van der Waals surface area (Å²) in [6.07, 6.45) is -1.34. The number of rotatable bonds is 3. The largest absolute Gasteiger partial charge is 0.456 e. The molecule has 2 N–H and O–H groups in total. The van der Waals surface area contributed by atoms with Crippen LogP contribution in [-0.4, -0.2) is 51.6 Å². The number of carbonyl (C=O) groups excluding carboxylic acids is 3. The average molecular weight is 346 g/mol. The van der Waals surface area contributed by atoms with Gasteiger partial charge in [0.1, 0.15) is 23.7 Å². The van der Waals surface area contributed by atoms with Crippen LogP contribution in [0.1, 0.15) is 11.7 Å². The van der Waals surface area contributed by atoms with E-state index in [0.717, 1.165) is 5.57 Å². The minimum absolute atomic E-state index is 0.224. The maximum atomic E-state index is 12.4. The first-order chi connectivity index (χ1) is 11.6. The van der Waals surface area contributed by atoms with Crippen LogP contribution in [0, 0.1) is 0 Å². The van der Waals surface area contributed by atoms with Gasteiger partial charge in [0.05, 0.1) is 0 Å². The fourth-order valence-electron chi connectivity index (χ4n) is 3.02. The summed E-state index contributed by atoms with van der Waals surface area (Å²) in [7, 11) is 0. The number of aliphatic hydroxyl groups excluding tert-OH is 1. The maximum Gasteiger partial charge on any atom is 0.355 e. The molecule has 1 fully saturated rings. The van der Waals surface area contributed by atoms with E-state index in [1.165, 1.54) is 16.7 Å². The average Bonchev–Trinajstić information content (AvgIpc) is 2.99. The number of nitrogens with zero attached hydrogens (tertiary/aromatic N) is 1. The number of amides is 2. The second kappa shape index (κ2) is 5.64. The van der Waals surface area contributed by atoms with Crippen LogP contribution in [0.15, 0.2) is 41.6 Å². The lowest BCUT2D eigenvalue weighted by Gasteiger charge is -2.48. The minimum Gasteiger partial charge on any atom is -0.456 e. The number of ether oxygens (including phenoxy) is 1. The fraction of sp³-hybridized carbons (Fsp3) is 0.312. The molecule has 4 rings (SSSR count). The summed E-state index contributed by atoms with van der Waals surface area (Å²) >= 11 is 1.47. The standard InChI is InChI=1S/C16H14N2O5S/c19-12(8-4-2-1-3-5-8)13(20)17-10-14(21)18-11-9(6-23-16(11)22)7-24-15(10)18/h1-5,10,12,15,19H,6-7H2,(H,17,20)/t10-,12-,15-/m1/s1. The molecule has 3 aliphatic rings. The van der Waals surface area contributed by atoms with Gasteiger partial charge in [-0.15, -0.1) is 11.8 Å². The molecule has 24 heavy (non-hydrogen) atoms. The molecule has 0 radical (unpaired) electrons. The fourth-order valence-corrected chi connectivity index (χ4v) is 4.35. The summed E-state index contributed by atoms with van der Waals surface area (Å²) in [5.74, 6) is -0.887. The van der Waals surface area contributed by atoms with E-state index in [0.29, 0.717) is 17.0 Å². The van der Waals surface area contributed by atoms with Crippen LogP contribution in [0.2, 0.25) is 0 Å². The Morgan fingerprint density at radius 2 is 2.08 bits per heavy atom. The van der Waals surface area contributed by atoms with Crippen molar-refractivity contribution in [2.45, 2.75) is 17.5 Å². The third-order valence-electron chi connectivity index (χ3n) is 4.28. The highest BCUT2D eigenvalue weighted by Gasteiger charge is 2.55. The first-order valence-electron chi connectivity index (χ1n) is 7.45. The van der Waals surface area contributed by atoms with Gasteiger partial charge in [-0.1, -0.05) is 30.3 Å². The molecule has 1 aromatic carbocycles. The van der Waals surface area contributed by atoms with Gasteiger partial charge in [0.2, 0.25) is 0 Å². The van der Waals surface area contributed by atoms with Crippen molar-refractivity contribution in [1.29, 1.82) is 0 Å². The van der Waals surface area contributed by atoms with E-state index in [2.05, 4.69) is 5.32 Å². The zero-order valence-electron chi connectivity index (χ0n) is 12.5. The number of nitrogens with one attached hydrogen (secondary N) is 1. The Morgan fingerprint density at radius 1 is 1.33 bits per heavy atom. The molecule has 0 unspecified atom stereocenters. The highest BCUT2D eigenvalue weighted by Crippen LogP contribution is 2.42. The predicted molar refractivity (Wildman–Crippen MR) is 84.4 cm³/mol. The number of aliphatic hydroxyl groups is 1. The number of benzene rings is 1. The molecule has 1 aromatic rings. The van der Waals surface area contributed by atoms with Crippen molar-refractivity contribution in [3.63, 3.8) is 0 Å². The Balaban J connectivity index is 1.47. The lowest BCUT2D eigenvalue weighted by Crippen LogP contribution is -2.70. The van der Waals surface area contributed by atoms with Crippen molar-refractivity contribution in [2.24, 2.45) is 0 Å². The Morgan fingerprint density at radius 3 is 2.83 bits per heavy atom. The molecule has 124 valence electrons. The molecule has 0 bridgehead atoms. The van der Waals surface area contributed by atoms with Gasteiger partial charge in [0.15, 0.2) is 6.10 Å². The molecule has 1 saturated heterocycles. The molecule has 0 aliphatic carbocycles. The number of carbonyl (C=O) groups is 3.